The van der Waals surface area contributed by atoms with Crippen molar-refractivity contribution < 1.29 is 19.6 Å². The second kappa shape index (κ2) is 7.39. The first kappa shape index (κ1) is 19.0. The summed E-state index contributed by atoms with van der Waals surface area (Å²) < 4.78 is 0. The molecule has 4 aliphatic rings. The quantitative estimate of drug-likeness (QED) is 0.313. The minimum absolute atomic E-state index is 0.0976. The van der Waals surface area contributed by atoms with Crippen LogP contribution >= 0.6 is 0 Å². The molecule has 2 aromatic rings. The molecule has 0 spiro atoms. The van der Waals surface area contributed by atoms with Crippen LogP contribution in [-0.2, 0) is 0 Å². The number of non-ortho nitro benzene ring substituents is 1. The van der Waals surface area contributed by atoms with E-state index in [0.717, 1.165) is 56.5 Å². The topological polar surface area (TPSA) is 81.2 Å². The van der Waals surface area contributed by atoms with Crippen molar-refractivity contribution in [1.82, 2.24) is 0 Å². The standard InChI is InChI=1S/C22H24N6O2/c1-17-5-7-18(8-6-17)10-23-24-21(19-3-2-4-20(9-19)28(29)30)22-11-25-14-26(12-22)16-27(13-22)15-25/h2-10H,11-16H2,1H3/p+3/b23-10-,24-21+. The molecular formula is C22H27N6O2+3. The molecule has 4 heterocycles. The minimum Gasteiger partial charge on any atom is -0.258 e. The second-order valence-corrected chi connectivity index (χ2v) is 9.00. The van der Waals surface area contributed by atoms with Gasteiger partial charge in [0.25, 0.3) is 5.69 Å². The smallest absolute Gasteiger partial charge is 0.258 e. The third-order valence-corrected chi connectivity index (χ3v) is 6.54. The normalized spacial score (nSPS) is 30.2. The van der Waals surface area contributed by atoms with Gasteiger partial charge in [0.05, 0.1) is 16.8 Å². The summed E-state index contributed by atoms with van der Waals surface area (Å²) >= 11 is 0. The maximum atomic E-state index is 11.4. The predicted octanol–water partition coefficient (Wildman–Crippen LogP) is -1.72. The van der Waals surface area contributed by atoms with Gasteiger partial charge < -0.3 is 0 Å². The van der Waals surface area contributed by atoms with E-state index in [1.54, 1.807) is 33.0 Å². The van der Waals surface area contributed by atoms with Crippen molar-refractivity contribution in [3.63, 3.8) is 0 Å². The molecule has 0 radical (unpaired) electrons. The van der Waals surface area contributed by atoms with Crippen LogP contribution in [0.4, 0.5) is 5.69 Å². The van der Waals surface area contributed by atoms with E-state index in [1.165, 1.54) is 11.6 Å². The average molecular weight is 407 g/mol. The van der Waals surface area contributed by atoms with E-state index in [0.29, 0.717) is 0 Å². The minimum atomic E-state index is -0.339. The zero-order valence-electron chi connectivity index (χ0n) is 17.1. The highest BCUT2D eigenvalue weighted by Gasteiger charge is 2.60. The van der Waals surface area contributed by atoms with Gasteiger partial charge in [-0.1, -0.05) is 42.0 Å². The van der Waals surface area contributed by atoms with Crippen molar-refractivity contribution in [2.24, 2.45) is 15.6 Å². The highest BCUT2D eigenvalue weighted by Crippen LogP contribution is 2.25. The van der Waals surface area contributed by atoms with Gasteiger partial charge in [0.1, 0.15) is 19.6 Å². The molecule has 4 fully saturated rings. The van der Waals surface area contributed by atoms with Gasteiger partial charge in [0, 0.05) is 17.7 Å². The zero-order valence-corrected chi connectivity index (χ0v) is 17.1. The monoisotopic (exact) mass is 407 g/mol. The fourth-order valence-electron chi connectivity index (χ4n) is 5.54. The number of benzene rings is 2. The van der Waals surface area contributed by atoms with Gasteiger partial charge >= 0.3 is 0 Å². The Morgan fingerprint density at radius 1 is 1.03 bits per heavy atom. The summed E-state index contributed by atoms with van der Waals surface area (Å²) in [6, 6.07) is 15.0. The summed E-state index contributed by atoms with van der Waals surface area (Å²) in [4.78, 5) is 15.8. The van der Waals surface area contributed by atoms with Crippen LogP contribution in [-0.4, -0.2) is 56.5 Å². The molecule has 8 heteroatoms. The highest BCUT2D eigenvalue weighted by atomic mass is 16.6. The summed E-state index contributed by atoms with van der Waals surface area (Å²) in [6.07, 6.45) is 1.77. The van der Waals surface area contributed by atoms with Crippen molar-refractivity contribution in [3.05, 3.63) is 75.3 Å². The van der Waals surface area contributed by atoms with Gasteiger partial charge in [-0.05, 0) is 12.5 Å². The maximum absolute atomic E-state index is 11.4. The highest BCUT2D eigenvalue weighted by molar-refractivity contribution is 6.05. The number of rotatable bonds is 5. The molecule has 3 N–H and O–H groups in total. The predicted molar refractivity (Wildman–Crippen MR) is 113 cm³/mol. The molecule has 0 aromatic heterocycles. The molecule has 4 saturated heterocycles. The van der Waals surface area contributed by atoms with Crippen molar-refractivity contribution >= 4 is 17.6 Å². The number of hydrogen-bond acceptors (Lipinski definition) is 4. The molecule has 4 aliphatic heterocycles. The lowest BCUT2D eigenvalue weighted by Crippen LogP contribution is -3.56. The number of nitrogens with zero attached hydrogens (tertiary/aromatic N) is 3. The maximum Gasteiger partial charge on any atom is 0.270 e. The first-order valence-electron chi connectivity index (χ1n) is 10.4. The van der Waals surface area contributed by atoms with Crippen LogP contribution in [0.1, 0.15) is 16.7 Å². The van der Waals surface area contributed by atoms with Gasteiger partial charge in [-0.25, -0.2) is 14.7 Å². The van der Waals surface area contributed by atoms with Crippen molar-refractivity contribution in [2.45, 2.75) is 6.92 Å². The molecule has 4 bridgehead atoms. The Morgan fingerprint density at radius 3 is 2.27 bits per heavy atom. The Hall–Kier alpha value is -2.94. The Bertz CT molecular complexity index is 995. The molecular weight excluding hydrogens is 380 g/mol. The SMILES string of the molecule is Cc1ccc(/C=N\N=C(/c2cccc([N+](=O)[O-])c2)C23C[NH+]4C[NH+](C[NH+](C4)C2)C3)cc1. The summed E-state index contributed by atoms with van der Waals surface area (Å²) in [7, 11) is 0. The van der Waals surface area contributed by atoms with Crippen molar-refractivity contribution in [3.8, 4) is 0 Å². The molecule has 2 aromatic carbocycles. The molecule has 154 valence electrons. The van der Waals surface area contributed by atoms with Crippen molar-refractivity contribution in [1.29, 1.82) is 0 Å². The molecule has 6 rings (SSSR count). The zero-order chi connectivity index (χ0) is 20.7. The molecule has 0 amide bonds. The lowest BCUT2D eigenvalue weighted by molar-refractivity contribution is -1.30. The van der Waals surface area contributed by atoms with Crippen LogP contribution < -0.4 is 14.7 Å². The van der Waals surface area contributed by atoms with E-state index >= 15 is 0 Å². The van der Waals surface area contributed by atoms with E-state index in [1.807, 2.05) is 18.2 Å². The third kappa shape index (κ3) is 3.54. The largest absolute Gasteiger partial charge is 0.270 e. The van der Waals surface area contributed by atoms with Gasteiger partial charge in [-0.15, -0.1) is 0 Å². The van der Waals surface area contributed by atoms with Crippen LogP contribution in [0.25, 0.3) is 0 Å². The van der Waals surface area contributed by atoms with Gasteiger partial charge in [-0.2, -0.15) is 10.2 Å². The lowest BCUT2D eigenvalue weighted by Gasteiger charge is -2.52. The van der Waals surface area contributed by atoms with Gasteiger partial charge in [0.2, 0.25) is 20.0 Å². The number of nitro benzene ring substituents is 1. The van der Waals surface area contributed by atoms with Crippen LogP contribution in [0.3, 0.4) is 0 Å². The number of nitro groups is 1. The van der Waals surface area contributed by atoms with Crippen molar-refractivity contribution in [2.75, 3.05) is 39.6 Å². The molecule has 0 aliphatic carbocycles. The molecule has 8 nitrogen and oxygen atoms in total. The van der Waals surface area contributed by atoms with E-state index in [2.05, 4.69) is 24.2 Å². The Morgan fingerprint density at radius 2 is 1.67 bits per heavy atom. The number of nitrogens with one attached hydrogen (secondary N) is 3. The summed E-state index contributed by atoms with van der Waals surface area (Å²) in [5, 5.41) is 20.5. The number of aryl methyl sites for hydroxylation is 1. The van der Waals surface area contributed by atoms with Crippen LogP contribution in [0.5, 0.6) is 0 Å². The summed E-state index contributed by atoms with van der Waals surface area (Å²) in [6.45, 7) is 8.56. The van der Waals surface area contributed by atoms with E-state index < -0.39 is 0 Å². The van der Waals surface area contributed by atoms with Crippen LogP contribution in [0, 0.1) is 22.5 Å². The fraction of sp³-hybridized carbons (Fsp3) is 0.364. The van der Waals surface area contributed by atoms with E-state index in [-0.39, 0.29) is 16.0 Å². The summed E-state index contributed by atoms with van der Waals surface area (Å²) in [5.41, 5.74) is 3.89. The van der Waals surface area contributed by atoms with E-state index in [9.17, 15) is 10.1 Å². The Balaban J connectivity index is 1.55. The Labute approximate surface area is 175 Å². The Kier molecular flexibility index (Phi) is 4.69. The second-order valence-electron chi connectivity index (χ2n) is 9.00. The molecule has 30 heavy (non-hydrogen) atoms. The fourth-order valence-corrected chi connectivity index (χ4v) is 5.54. The summed E-state index contributed by atoms with van der Waals surface area (Å²) in [5.74, 6) is 0. The van der Waals surface area contributed by atoms with E-state index in [4.69, 9.17) is 5.10 Å². The first-order valence-corrected chi connectivity index (χ1v) is 10.4. The van der Waals surface area contributed by atoms with Gasteiger partial charge in [0.15, 0.2) is 5.41 Å². The first-order chi connectivity index (χ1) is 14.5. The van der Waals surface area contributed by atoms with Crippen LogP contribution in [0.15, 0.2) is 58.7 Å². The van der Waals surface area contributed by atoms with Crippen LogP contribution in [0.2, 0.25) is 0 Å². The molecule has 0 atom stereocenters. The van der Waals surface area contributed by atoms with Gasteiger partial charge in [-0.3, -0.25) is 10.1 Å². The number of quaternary nitrogens is 3. The average Bonchev–Trinajstić information content (AvgIpc) is 2.71. The third-order valence-electron chi connectivity index (χ3n) is 6.54. The molecule has 0 saturated carbocycles. The molecule has 0 unspecified atom stereocenters. The number of hydrogen-bond donors (Lipinski definition) is 3. The lowest BCUT2D eigenvalue weighted by atomic mass is 9.74.